The van der Waals surface area contributed by atoms with Crippen molar-refractivity contribution in [1.29, 1.82) is 0 Å². The molecule has 4 heteroatoms. The second kappa shape index (κ2) is 8.54. The fourth-order valence-corrected chi connectivity index (χ4v) is 2.90. The van der Waals surface area contributed by atoms with Gasteiger partial charge in [0.1, 0.15) is 0 Å². The second-order valence-electron chi connectivity index (χ2n) is 6.26. The van der Waals surface area contributed by atoms with Gasteiger partial charge in [0.2, 0.25) is 5.91 Å². The summed E-state index contributed by atoms with van der Waals surface area (Å²) in [4.78, 5) is 11.9. The van der Waals surface area contributed by atoms with E-state index in [1.807, 2.05) is 0 Å². The van der Waals surface area contributed by atoms with E-state index in [0.29, 0.717) is 30.7 Å². The van der Waals surface area contributed by atoms with E-state index in [9.17, 15) is 9.90 Å². The van der Waals surface area contributed by atoms with Crippen molar-refractivity contribution < 1.29 is 9.90 Å². The van der Waals surface area contributed by atoms with Gasteiger partial charge in [-0.25, -0.2) is 0 Å². The molecule has 19 heavy (non-hydrogen) atoms. The van der Waals surface area contributed by atoms with Gasteiger partial charge in [0.05, 0.1) is 6.10 Å². The van der Waals surface area contributed by atoms with Gasteiger partial charge < -0.3 is 15.7 Å². The van der Waals surface area contributed by atoms with Crippen molar-refractivity contribution in [2.24, 2.45) is 17.8 Å². The largest absolute Gasteiger partial charge is 0.393 e. The van der Waals surface area contributed by atoms with E-state index >= 15 is 0 Å². The molecule has 1 amide bonds. The average Bonchev–Trinajstić information content (AvgIpc) is 2.36. The highest BCUT2D eigenvalue weighted by atomic mass is 16.3. The number of nitrogens with one attached hydrogen (secondary N) is 2. The lowest BCUT2D eigenvalue weighted by molar-refractivity contribution is -0.122. The third-order valence-corrected chi connectivity index (χ3v) is 4.09. The first-order chi connectivity index (χ1) is 8.99. The first-order valence-corrected chi connectivity index (χ1v) is 7.64. The van der Waals surface area contributed by atoms with Crippen LogP contribution >= 0.6 is 0 Å². The van der Waals surface area contributed by atoms with Crippen LogP contribution in [0.25, 0.3) is 0 Å². The molecule has 0 aromatic rings. The minimum absolute atomic E-state index is 0.156. The van der Waals surface area contributed by atoms with Crippen LogP contribution in [0.15, 0.2) is 0 Å². The number of aliphatic hydroxyl groups is 1. The Hall–Kier alpha value is -0.610. The predicted octanol–water partition coefficient (Wildman–Crippen LogP) is 1.54. The number of aliphatic hydroxyl groups excluding tert-OH is 1. The lowest BCUT2D eigenvalue weighted by Gasteiger charge is -2.28. The summed E-state index contributed by atoms with van der Waals surface area (Å²) in [5, 5.41) is 15.6. The molecule has 4 nitrogen and oxygen atoms in total. The summed E-state index contributed by atoms with van der Waals surface area (Å²) in [6.45, 7) is 8.88. The van der Waals surface area contributed by atoms with Crippen LogP contribution in [0.5, 0.6) is 0 Å². The number of hydrogen-bond acceptors (Lipinski definition) is 3. The number of amides is 1. The summed E-state index contributed by atoms with van der Waals surface area (Å²) >= 11 is 0. The van der Waals surface area contributed by atoms with Gasteiger partial charge in [-0.3, -0.25) is 4.79 Å². The summed E-state index contributed by atoms with van der Waals surface area (Å²) in [6.07, 6.45) is 3.45. The smallest absolute Gasteiger partial charge is 0.220 e. The Balaban J connectivity index is 2.19. The van der Waals surface area contributed by atoms with E-state index < -0.39 is 0 Å². The summed E-state index contributed by atoms with van der Waals surface area (Å²) in [7, 11) is 0. The molecule has 0 saturated carbocycles. The van der Waals surface area contributed by atoms with Crippen LogP contribution in [0.4, 0.5) is 0 Å². The lowest BCUT2D eigenvalue weighted by atomic mass is 9.84. The fourth-order valence-electron chi connectivity index (χ4n) is 2.90. The SMILES string of the molecule is CC(O)CC(C)CNC(=O)CC(C)C1CCNCC1. The summed E-state index contributed by atoms with van der Waals surface area (Å²) < 4.78 is 0. The van der Waals surface area contributed by atoms with Gasteiger partial charge >= 0.3 is 0 Å². The van der Waals surface area contributed by atoms with Gasteiger partial charge in [-0.05, 0) is 57.0 Å². The monoisotopic (exact) mass is 270 g/mol. The molecule has 0 radical (unpaired) electrons. The number of carbonyl (C=O) groups is 1. The minimum Gasteiger partial charge on any atom is -0.393 e. The first-order valence-electron chi connectivity index (χ1n) is 7.64. The van der Waals surface area contributed by atoms with Crippen molar-refractivity contribution in [2.45, 2.75) is 52.6 Å². The second-order valence-corrected chi connectivity index (χ2v) is 6.26. The minimum atomic E-state index is -0.291. The van der Waals surface area contributed by atoms with Gasteiger partial charge in [-0.1, -0.05) is 13.8 Å². The van der Waals surface area contributed by atoms with Crippen LogP contribution in [0.2, 0.25) is 0 Å². The predicted molar refractivity (Wildman–Crippen MR) is 77.8 cm³/mol. The number of rotatable bonds is 7. The quantitative estimate of drug-likeness (QED) is 0.657. The molecule has 1 saturated heterocycles. The maximum Gasteiger partial charge on any atom is 0.220 e. The molecule has 3 unspecified atom stereocenters. The summed E-state index contributed by atoms with van der Waals surface area (Å²) in [5.74, 6) is 1.64. The summed E-state index contributed by atoms with van der Waals surface area (Å²) in [6, 6.07) is 0. The van der Waals surface area contributed by atoms with Crippen LogP contribution < -0.4 is 10.6 Å². The molecular weight excluding hydrogens is 240 g/mol. The van der Waals surface area contributed by atoms with Crippen molar-refractivity contribution in [3.8, 4) is 0 Å². The van der Waals surface area contributed by atoms with E-state index in [1.54, 1.807) is 6.92 Å². The van der Waals surface area contributed by atoms with Gasteiger partial charge in [0.15, 0.2) is 0 Å². The van der Waals surface area contributed by atoms with Crippen LogP contribution in [0.3, 0.4) is 0 Å². The zero-order chi connectivity index (χ0) is 14.3. The lowest BCUT2D eigenvalue weighted by Crippen LogP contribution is -2.34. The molecule has 1 rings (SSSR count). The molecule has 0 aromatic carbocycles. The maximum absolute atomic E-state index is 11.9. The van der Waals surface area contributed by atoms with E-state index in [4.69, 9.17) is 0 Å². The van der Waals surface area contributed by atoms with Crippen LogP contribution in [0, 0.1) is 17.8 Å². The molecule has 1 aliphatic heterocycles. The van der Waals surface area contributed by atoms with Gasteiger partial charge in [-0.2, -0.15) is 0 Å². The summed E-state index contributed by atoms with van der Waals surface area (Å²) in [5.41, 5.74) is 0. The molecule has 1 heterocycles. The molecular formula is C15H30N2O2. The van der Waals surface area contributed by atoms with E-state index in [1.165, 1.54) is 12.8 Å². The highest BCUT2D eigenvalue weighted by Gasteiger charge is 2.22. The molecule has 0 spiro atoms. The van der Waals surface area contributed by atoms with E-state index in [0.717, 1.165) is 19.5 Å². The fraction of sp³-hybridized carbons (Fsp3) is 0.933. The molecule has 112 valence electrons. The zero-order valence-electron chi connectivity index (χ0n) is 12.6. The molecule has 1 fully saturated rings. The van der Waals surface area contributed by atoms with Crippen molar-refractivity contribution in [2.75, 3.05) is 19.6 Å². The normalized spacial score (nSPS) is 21.7. The Morgan fingerprint density at radius 3 is 2.53 bits per heavy atom. The Bertz CT molecular complexity index is 263. The van der Waals surface area contributed by atoms with Gasteiger partial charge in [-0.15, -0.1) is 0 Å². The van der Waals surface area contributed by atoms with Crippen LogP contribution in [-0.4, -0.2) is 36.8 Å². The topological polar surface area (TPSA) is 61.4 Å². The molecule has 0 aliphatic carbocycles. The Morgan fingerprint density at radius 2 is 1.95 bits per heavy atom. The Kier molecular flexibility index (Phi) is 7.39. The van der Waals surface area contributed by atoms with E-state index in [-0.39, 0.29) is 12.0 Å². The molecule has 3 atom stereocenters. The number of hydrogen-bond donors (Lipinski definition) is 3. The highest BCUT2D eigenvalue weighted by Crippen LogP contribution is 2.24. The van der Waals surface area contributed by atoms with Crippen molar-refractivity contribution in [1.82, 2.24) is 10.6 Å². The van der Waals surface area contributed by atoms with E-state index in [2.05, 4.69) is 24.5 Å². The number of carbonyl (C=O) groups excluding carboxylic acids is 1. The Morgan fingerprint density at radius 1 is 1.32 bits per heavy atom. The van der Waals surface area contributed by atoms with Gasteiger partial charge in [0, 0.05) is 13.0 Å². The standard InChI is InChI=1S/C15H30N2O2/c1-11(8-13(3)18)10-17-15(19)9-12(2)14-4-6-16-7-5-14/h11-14,16,18H,4-10H2,1-3H3,(H,17,19). The third-order valence-electron chi connectivity index (χ3n) is 4.09. The highest BCUT2D eigenvalue weighted by molar-refractivity contribution is 5.76. The van der Waals surface area contributed by atoms with Crippen molar-refractivity contribution in [3.05, 3.63) is 0 Å². The zero-order valence-corrected chi connectivity index (χ0v) is 12.6. The van der Waals surface area contributed by atoms with Crippen LogP contribution in [0.1, 0.15) is 46.5 Å². The third kappa shape index (κ3) is 6.92. The van der Waals surface area contributed by atoms with Gasteiger partial charge in [0.25, 0.3) is 0 Å². The van der Waals surface area contributed by atoms with Crippen LogP contribution in [-0.2, 0) is 4.79 Å². The first kappa shape index (κ1) is 16.4. The average molecular weight is 270 g/mol. The van der Waals surface area contributed by atoms with Crippen molar-refractivity contribution in [3.63, 3.8) is 0 Å². The molecule has 0 bridgehead atoms. The molecule has 0 aromatic heterocycles. The van der Waals surface area contributed by atoms with Crippen molar-refractivity contribution >= 4 is 5.91 Å². The maximum atomic E-state index is 11.9. The molecule has 1 aliphatic rings. The number of piperidine rings is 1. The molecule has 3 N–H and O–H groups in total. The Labute approximate surface area is 117 Å².